The van der Waals surface area contributed by atoms with Crippen molar-refractivity contribution in [3.8, 4) is 5.75 Å². The van der Waals surface area contributed by atoms with Gasteiger partial charge in [-0.3, -0.25) is 10.1 Å². The molecule has 1 unspecified atom stereocenters. The number of nitro groups is 1. The number of nitrogens with zero attached hydrogens (tertiary/aromatic N) is 1. The van der Waals surface area contributed by atoms with Gasteiger partial charge in [0.25, 0.3) is 0 Å². The minimum atomic E-state index is -3.76. The molecule has 0 bridgehead atoms. The maximum atomic E-state index is 12.2. The van der Waals surface area contributed by atoms with Crippen molar-refractivity contribution < 1.29 is 18.1 Å². The lowest BCUT2D eigenvalue weighted by molar-refractivity contribution is -0.386. The minimum Gasteiger partial charge on any atom is -0.490 e. The molecule has 0 aliphatic carbocycles. The highest BCUT2D eigenvalue weighted by molar-refractivity contribution is 7.89. The maximum Gasteiger partial charge on any atom is 0.312 e. The predicted octanol–water partition coefficient (Wildman–Crippen LogP) is 0.881. The molecule has 1 heterocycles. The van der Waals surface area contributed by atoms with E-state index in [0.717, 1.165) is 32.0 Å². The molecule has 2 rings (SSSR count). The van der Waals surface area contributed by atoms with Gasteiger partial charge in [0.05, 0.1) is 16.9 Å². The van der Waals surface area contributed by atoms with Crippen LogP contribution in [0.2, 0.25) is 0 Å². The Balaban J connectivity index is 2.07. The first kappa shape index (κ1) is 16.7. The highest BCUT2D eigenvalue weighted by Crippen LogP contribution is 2.29. The number of rotatable bonds is 7. The zero-order valence-electron chi connectivity index (χ0n) is 12.2. The van der Waals surface area contributed by atoms with Crippen molar-refractivity contribution in [1.82, 2.24) is 10.0 Å². The van der Waals surface area contributed by atoms with Gasteiger partial charge in [-0.1, -0.05) is 0 Å². The fourth-order valence-corrected chi connectivity index (χ4v) is 3.49. The van der Waals surface area contributed by atoms with Crippen LogP contribution in [0.25, 0.3) is 0 Å². The van der Waals surface area contributed by atoms with Gasteiger partial charge in [0.15, 0.2) is 5.75 Å². The second-order valence-corrected chi connectivity index (χ2v) is 6.90. The van der Waals surface area contributed by atoms with E-state index in [1.165, 1.54) is 19.2 Å². The summed E-state index contributed by atoms with van der Waals surface area (Å²) in [6, 6.07) is 3.59. The van der Waals surface area contributed by atoms with E-state index in [4.69, 9.17) is 4.74 Å². The van der Waals surface area contributed by atoms with E-state index in [-0.39, 0.29) is 16.3 Å². The zero-order chi connectivity index (χ0) is 16.2. The van der Waals surface area contributed by atoms with E-state index in [0.29, 0.717) is 12.5 Å². The predicted molar refractivity (Wildman–Crippen MR) is 80.4 cm³/mol. The first-order valence-corrected chi connectivity index (χ1v) is 8.45. The quantitative estimate of drug-likeness (QED) is 0.567. The first-order chi connectivity index (χ1) is 10.4. The number of ether oxygens (including phenoxy) is 1. The monoisotopic (exact) mass is 329 g/mol. The molecule has 0 amide bonds. The van der Waals surface area contributed by atoms with Gasteiger partial charge in [-0.15, -0.1) is 0 Å². The van der Waals surface area contributed by atoms with Crippen LogP contribution in [0.15, 0.2) is 23.1 Å². The number of nitrogens with one attached hydrogen (secondary N) is 2. The molecule has 0 aromatic heterocycles. The number of hydrogen-bond acceptors (Lipinski definition) is 6. The molecule has 0 saturated carbocycles. The van der Waals surface area contributed by atoms with E-state index in [1.807, 2.05) is 0 Å². The van der Waals surface area contributed by atoms with Crippen molar-refractivity contribution in [2.75, 3.05) is 26.7 Å². The van der Waals surface area contributed by atoms with Crippen LogP contribution in [0.3, 0.4) is 0 Å². The van der Waals surface area contributed by atoms with E-state index in [1.54, 1.807) is 0 Å². The molecule has 122 valence electrons. The van der Waals surface area contributed by atoms with Crippen molar-refractivity contribution in [3.63, 3.8) is 0 Å². The molecule has 2 N–H and O–H groups in total. The minimum absolute atomic E-state index is 0.0287. The summed E-state index contributed by atoms with van der Waals surface area (Å²) in [4.78, 5) is 10.2. The summed E-state index contributed by atoms with van der Waals surface area (Å²) in [5.41, 5.74) is -0.370. The Morgan fingerprint density at radius 1 is 1.50 bits per heavy atom. The van der Waals surface area contributed by atoms with Crippen LogP contribution in [0, 0.1) is 16.0 Å². The maximum absolute atomic E-state index is 12.2. The molecule has 9 heteroatoms. The van der Waals surface area contributed by atoms with Crippen LogP contribution in [-0.4, -0.2) is 40.1 Å². The zero-order valence-corrected chi connectivity index (χ0v) is 13.1. The molecule has 22 heavy (non-hydrogen) atoms. The van der Waals surface area contributed by atoms with Crippen molar-refractivity contribution in [3.05, 3.63) is 28.3 Å². The van der Waals surface area contributed by atoms with Gasteiger partial charge >= 0.3 is 5.69 Å². The SMILES string of the molecule is COc1ccc(S(=O)(=O)NCCC2CCNC2)cc1[N+](=O)[O-]. The van der Waals surface area contributed by atoms with Crippen LogP contribution in [0.4, 0.5) is 5.69 Å². The molecule has 0 radical (unpaired) electrons. The molecule has 1 atom stereocenters. The van der Waals surface area contributed by atoms with Crippen LogP contribution in [-0.2, 0) is 10.0 Å². The van der Waals surface area contributed by atoms with Gasteiger partial charge in [-0.25, -0.2) is 13.1 Å². The second kappa shape index (κ2) is 7.03. The normalized spacial score (nSPS) is 18.3. The largest absolute Gasteiger partial charge is 0.490 e. The van der Waals surface area contributed by atoms with Crippen molar-refractivity contribution in [1.29, 1.82) is 0 Å². The molecular formula is C13H19N3O5S. The Morgan fingerprint density at radius 2 is 2.27 bits per heavy atom. The highest BCUT2D eigenvalue weighted by Gasteiger charge is 2.22. The van der Waals surface area contributed by atoms with Crippen molar-refractivity contribution >= 4 is 15.7 Å². The van der Waals surface area contributed by atoms with Gasteiger partial charge in [0.2, 0.25) is 10.0 Å². The fourth-order valence-electron chi connectivity index (χ4n) is 2.42. The fraction of sp³-hybridized carbons (Fsp3) is 0.538. The summed E-state index contributed by atoms with van der Waals surface area (Å²) >= 11 is 0. The van der Waals surface area contributed by atoms with E-state index < -0.39 is 14.9 Å². The Morgan fingerprint density at radius 3 is 2.86 bits per heavy atom. The van der Waals surface area contributed by atoms with Crippen LogP contribution < -0.4 is 14.8 Å². The molecule has 8 nitrogen and oxygen atoms in total. The van der Waals surface area contributed by atoms with E-state index in [2.05, 4.69) is 10.0 Å². The second-order valence-electron chi connectivity index (χ2n) is 5.14. The van der Waals surface area contributed by atoms with Crippen LogP contribution in [0.1, 0.15) is 12.8 Å². The third-order valence-electron chi connectivity index (χ3n) is 3.66. The molecule has 1 aromatic carbocycles. The summed E-state index contributed by atoms with van der Waals surface area (Å²) in [7, 11) is -2.47. The summed E-state index contributed by atoms with van der Waals surface area (Å²) in [5.74, 6) is 0.494. The third-order valence-corrected chi connectivity index (χ3v) is 5.12. The molecule has 0 spiro atoms. The number of sulfonamides is 1. The first-order valence-electron chi connectivity index (χ1n) is 6.97. The molecule has 1 aliphatic heterocycles. The topological polar surface area (TPSA) is 111 Å². The average molecular weight is 329 g/mol. The van der Waals surface area contributed by atoms with E-state index in [9.17, 15) is 18.5 Å². The van der Waals surface area contributed by atoms with Gasteiger partial charge in [-0.2, -0.15) is 0 Å². The number of methoxy groups -OCH3 is 1. The number of benzene rings is 1. The highest BCUT2D eigenvalue weighted by atomic mass is 32.2. The summed E-state index contributed by atoms with van der Waals surface area (Å²) in [6.07, 6.45) is 1.78. The van der Waals surface area contributed by atoms with Crippen LogP contribution in [0.5, 0.6) is 5.75 Å². The van der Waals surface area contributed by atoms with Gasteiger partial charge in [0, 0.05) is 12.6 Å². The number of hydrogen-bond donors (Lipinski definition) is 2. The lowest BCUT2D eigenvalue weighted by Gasteiger charge is -2.10. The number of nitro benzene ring substituents is 1. The van der Waals surface area contributed by atoms with Gasteiger partial charge in [0.1, 0.15) is 0 Å². The molecule has 1 saturated heterocycles. The van der Waals surface area contributed by atoms with E-state index >= 15 is 0 Å². The smallest absolute Gasteiger partial charge is 0.312 e. The molecule has 1 fully saturated rings. The Labute approximate surface area is 129 Å². The molecule has 1 aromatic rings. The van der Waals surface area contributed by atoms with Gasteiger partial charge in [-0.05, 0) is 44.0 Å². The summed E-state index contributed by atoms with van der Waals surface area (Å²) in [5, 5.41) is 14.2. The van der Waals surface area contributed by atoms with Crippen molar-refractivity contribution in [2.45, 2.75) is 17.7 Å². The van der Waals surface area contributed by atoms with Crippen molar-refractivity contribution in [2.24, 2.45) is 5.92 Å². The van der Waals surface area contributed by atoms with Crippen LogP contribution >= 0.6 is 0 Å². The van der Waals surface area contributed by atoms with Gasteiger partial charge < -0.3 is 10.1 Å². The lowest BCUT2D eigenvalue weighted by atomic mass is 10.1. The Kier molecular flexibility index (Phi) is 5.33. The standard InChI is InChI=1S/C13H19N3O5S/c1-21-13-3-2-11(8-12(13)16(17)18)22(19,20)15-7-5-10-4-6-14-9-10/h2-3,8,10,14-15H,4-7,9H2,1H3. The Hall–Kier alpha value is -1.71. The lowest BCUT2D eigenvalue weighted by Crippen LogP contribution is -2.26. The average Bonchev–Trinajstić information content (AvgIpc) is 2.99. The Bertz CT molecular complexity index is 641. The molecule has 1 aliphatic rings. The third kappa shape index (κ3) is 3.93. The summed E-state index contributed by atoms with van der Waals surface area (Å²) < 4.78 is 31.7. The summed E-state index contributed by atoms with van der Waals surface area (Å²) in [6.45, 7) is 2.17. The molecular weight excluding hydrogens is 310 g/mol.